The summed E-state index contributed by atoms with van der Waals surface area (Å²) in [6.07, 6.45) is 2.95. The summed E-state index contributed by atoms with van der Waals surface area (Å²) >= 11 is 0. The van der Waals surface area contributed by atoms with Gasteiger partial charge in [-0.1, -0.05) is 97.8 Å². The van der Waals surface area contributed by atoms with Crippen molar-refractivity contribution in [1.82, 2.24) is 0 Å². The molecule has 1 fully saturated rings. The van der Waals surface area contributed by atoms with Crippen molar-refractivity contribution in [3.63, 3.8) is 0 Å². The summed E-state index contributed by atoms with van der Waals surface area (Å²) in [5, 5.41) is 0. The molecular formula is C15H42Si6. The van der Waals surface area contributed by atoms with Gasteiger partial charge >= 0.3 is 0 Å². The normalized spacial score (nSPS) is 30.9. The Hall–Kier alpha value is 1.30. The summed E-state index contributed by atoms with van der Waals surface area (Å²) in [5.41, 5.74) is 0. The molecule has 0 aromatic heterocycles. The largest absolute Gasteiger partial charge is 0.0735 e. The quantitative estimate of drug-likeness (QED) is 0.527. The molecule has 0 N–H and O–H groups in total. The molecule has 0 aromatic rings. The fraction of sp³-hybridized carbons (Fsp3) is 1.00. The van der Waals surface area contributed by atoms with Crippen molar-refractivity contribution in [1.29, 1.82) is 0 Å². The third kappa shape index (κ3) is 2.18. The Morgan fingerprint density at radius 3 is 1.05 bits per heavy atom. The second kappa shape index (κ2) is 5.41. The van der Waals surface area contributed by atoms with E-state index in [4.69, 9.17) is 0 Å². The molecule has 0 nitrogen and oxygen atoms in total. The van der Waals surface area contributed by atoms with Crippen molar-refractivity contribution in [2.75, 3.05) is 0 Å². The fourth-order valence-corrected chi connectivity index (χ4v) is 252. The van der Waals surface area contributed by atoms with Gasteiger partial charge in [-0.25, -0.2) is 0 Å². The number of hydrogen-bond acceptors (Lipinski definition) is 0. The number of unbranched alkanes of at least 4 members (excludes halogenated alkanes) is 1. The molecule has 1 saturated heterocycles. The van der Waals surface area contributed by atoms with Gasteiger partial charge in [-0.15, -0.1) is 0 Å². The average molecular weight is 391 g/mol. The van der Waals surface area contributed by atoms with E-state index >= 15 is 0 Å². The highest BCUT2D eigenvalue weighted by Crippen LogP contribution is 2.53. The van der Waals surface area contributed by atoms with Crippen LogP contribution >= 0.6 is 0 Å². The minimum Gasteiger partial charge on any atom is -0.0735 e. The predicted octanol–water partition coefficient (Wildman–Crippen LogP) is 5.89. The first-order chi connectivity index (χ1) is 9.06. The molecule has 0 amide bonds. The zero-order valence-corrected chi connectivity index (χ0v) is 23.1. The third-order valence-corrected chi connectivity index (χ3v) is 165. The lowest BCUT2D eigenvalue weighted by Crippen LogP contribution is -3.01. The van der Waals surface area contributed by atoms with Crippen molar-refractivity contribution in [2.45, 2.75) is 97.8 Å². The molecule has 1 heterocycles. The smallest absolute Gasteiger partial charge is 0.0337 e. The van der Waals surface area contributed by atoms with E-state index in [1.54, 1.807) is 6.04 Å². The van der Waals surface area contributed by atoms with Crippen molar-refractivity contribution in [3.8, 4) is 0 Å². The molecule has 0 bridgehead atoms. The lowest BCUT2D eigenvalue weighted by atomic mass is 10.4. The molecule has 21 heavy (non-hydrogen) atoms. The average Bonchev–Trinajstić information content (AvgIpc) is 2.33. The predicted molar refractivity (Wildman–Crippen MR) is 119 cm³/mol. The van der Waals surface area contributed by atoms with Crippen LogP contribution in [0.25, 0.3) is 0 Å². The Labute approximate surface area is 140 Å². The van der Waals surface area contributed by atoms with Crippen molar-refractivity contribution >= 4 is 42.7 Å². The number of rotatable bonds is 3. The van der Waals surface area contributed by atoms with Gasteiger partial charge in [0.2, 0.25) is 0 Å². The zero-order valence-electron chi connectivity index (χ0n) is 17.1. The topological polar surface area (TPSA) is 0 Å². The van der Waals surface area contributed by atoms with Gasteiger partial charge < -0.3 is 0 Å². The van der Waals surface area contributed by atoms with Crippen LogP contribution in [0.5, 0.6) is 0 Å². The second-order valence-corrected chi connectivity index (χ2v) is 83.1. The lowest BCUT2D eigenvalue weighted by Gasteiger charge is -2.73. The molecule has 0 unspecified atom stereocenters. The minimum absolute atomic E-state index is 1.01. The van der Waals surface area contributed by atoms with E-state index in [0.29, 0.717) is 0 Å². The lowest BCUT2D eigenvalue weighted by molar-refractivity contribution is 0.875. The summed E-state index contributed by atoms with van der Waals surface area (Å²) in [6, 6.07) is 1.69. The highest BCUT2D eigenvalue weighted by atomic mass is 30.2. The summed E-state index contributed by atoms with van der Waals surface area (Å²) in [6.45, 7) is 34.2. The first kappa shape index (κ1) is 20.3. The second-order valence-electron chi connectivity index (χ2n) is 10.6. The third-order valence-electron chi connectivity index (χ3n) is 10.0. The summed E-state index contributed by atoms with van der Waals surface area (Å²) in [4.78, 5) is 0. The maximum Gasteiger partial charge on any atom is 0.0337 e. The maximum absolute atomic E-state index is 2.94. The molecule has 126 valence electrons. The Bertz CT molecular complexity index is 378. The van der Waals surface area contributed by atoms with Crippen LogP contribution in [0.2, 0.25) is 78.1 Å². The molecule has 0 aliphatic carbocycles. The Morgan fingerprint density at radius 1 is 0.476 bits per heavy atom. The van der Waals surface area contributed by atoms with Crippen molar-refractivity contribution in [2.24, 2.45) is 0 Å². The highest BCUT2D eigenvalue weighted by molar-refractivity contribution is 8.13. The highest BCUT2D eigenvalue weighted by Gasteiger charge is 2.76. The van der Waals surface area contributed by atoms with Crippen LogP contribution in [0.3, 0.4) is 0 Å². The maximum atomic E-state index is 2.94. The van der Waals surface area contributed by atoms with Gasteiger partial charge in [0.1, 0.15) is 0 Å². The molecular weight excluding hydrogens is 349 g/mol. The minimum atomic E-state index is -1.04. The van der Waals surface area contributed by atoms with E-state index in [0.717, 1.165) is 0 Å². The molecule has 1 aliphatic heterocycles. The molecule has 0 radical (unpaired) electrons. The summed E-state index contributed by atoms with van der Waals surface area (Å²) in [5.74, 6) is 0. The van der Waals surface area contributed by atoms with Gasteiger partial charge in [0.05, 0.1) is 0 Å². The van der Waals surface area contributed by atoms with Crippen molar-refractivity contribution < 1.29 is 0 Å². The van der Waals surface area contributed by atoms with E-state index < -0.39 is 42.7 Å². The van der Waals surface area contributed by atoms with Crippen LogP contribution in [0.15, 0.2) is 0 Å². The van der Waals surface area contributed by atoms with Crippen LogP contribution in [-0.2, 0) is 0 Å². The van der Waals surface area contributed by atoms with E-state index in [1.165, 1.54) is 12.8 Å². The molecule has 0 aromatic carbocycles. The molecule has 6 heteroatoms. The number of hydrogen-bond donors (Lipinski definition) is 0. The van der Waals surface area contributed by atoms with E-state index in [2.05, 4.69) is 78.9 Å². The van der Waals surface area contributed by atoms with Crippen molar-refractivity contribution in [3.05, 3.63) is 0 Å². The van der Waals surface area contributed by atoms with Crippen LogP contribution in [0, 0.1) is 0 Å². The van der Waals surface area contributed by atoms with Gasteiger partial charge in [-0.2, -0.15) is 0 Å². The Kier molecular flexibility index (Phi) is 5.24. The summed E-state index contributed by atoms with van der Waals surface area (Å²) in [7, 11) is -6.15. The SMILES string of the molecule is CCCC[Si]1(C)[Si](C)(C)[Si](C)(C)[Si](C)(C)[Si](C)(C)[Si]1(C)C. The standard InChI is InChI=1S/C15H42Si6/c1-13-14-15-21(12)19(8,9)17(4,5)16(2,3)18(6,7)20(21,10)11/h13-15H2,1-12H3. The first-order valence-corrected chi connectivity index (χ1v) is 32.8. The van der Waals surface area contributed by atoms with Crippen LogP contribution in [0.1, 0.15) is 19.8 Å². The van der Waals surface area contributed by atoms with Crippen LogP contribution in [-0.4, -0.2) is 42.7 Å². The zero-order chi connectivity index (χ0) is 17.1. The Balaban J connectivity index is 3.66. The fourth-order valence-electron chi connectivity index (χ4n) is 5.66. The van der Waals surface area contributed by atoms with Gasteiger partial charge in [0.25, 0.3) is 0 Å². The van der Waals surface area contributed by atoms with E-state index in [9.17, 15) is 0 Å². The molecule has 0 saturated carbocycles. The molecule has 1 rings (SSSR count). The first-order valence-electron chi connectivity index (χ1n) is 9.06. The van der Waals surface area contributed by atoms with E-state index in [-0.39, 0.29) is 0 Å². The molecule has 0 atom stereocenters. The molecule has 0 spiro atoms. The van der Waals surface area contributed by atoms with Gasteiger partial charge in [-0.3, -0.25) is 0 Å². The Morgan fingerprint density at radius 2 is 0.762 bits per heavy atom. The van der Waals surface area contributed by atoms with Gasteiger partial charge in [0, 0.05) is 42.7 Å². The van der Waals surface area contributed by atoms with Crippen LogP contribution < -0.4 is 0 Å². The van der Waals surface area contributed by atoms with Gasteiger partial charge in [0.15, 0.2) is 0 Å². The van der Waals surface area contributed by atoms with Crippen LogP contribution in [0.4, 0.5) is 0 Å². The molecule has 1 aliphatic rings. The summed E-state index contributed by atoms with van der Waals surface area (Å²) < 4.78 is 0. The van der Waals surface area contributed by atoms with E-state index in [1.807, 2.05) is 0 Å². The van der Waals surface area contributed by atoms with Gasteiger partial charge in [-0.05, 0) is 0 Å². The monoisotopic (exact) mass is 390 g/mol.